The molecule has 0 unspecified atom stereocenters. The summed E-state index contributed by atoms with van der Waals surface area (Å²) in [5.41, 5.74) is 1.53. The Bertz CT molecular complexity index is 642. The smallest absolute Gasteiger partial charge is 0.226 e. The van der Waals surface area contributed by atoms with Gasteiger partial charge in [0.25, 0.3) is 0 Å². The number of nitrogens with zero attached hydrogens (tertiary/aromatic N) is 2. The first-order valence-corrected chi connectivity index (χ1v) is 7.77. The summed E-state index contributed by atoms with van der Waals surface area (Å²) in [5, 5.41) is 2.90. The molecule has 3 rings (SSSR count). The monoisotopic (exact) mass is 315 g/mol. The number of carbonyl (C=O) groups excluding carboxylic acids is 1. The molecule has 0 radical (unpaired) electrons. The molecule has 6 heteroatoms. The highest BCUT2D eigenvalue weighted by atomic mass is 16.5. The molecule has 0 spiro atoms. The fourth-order valence-electron chi connectivity index (χ4n) is 2.55. The van der Waals surface area contributed by atoms with E-state index in [0.717, 1.165) is 18.7 Å². The van der Waals surface area contributed by atoms with Crippen molar-refractivity contribution >= 4 is 5.91 Å². The van der Waals surface area contributed by atoms with Gasteiger partial charge in [0.15, 0.2) is 0 Å². The van der Waals surface area contributed by atoms with Crippen molar-refractivity contribution in [2.75, 3.05) is 33.3 Å². The first kappa shape index (κ1) is 15.7. The second kappa shape index (κ2) is 7.39. The van der Waals surface area contributed by atoms with E-state index in [0.29, 0.717) is 24.7 Å². The number of rotatable bonds is 5. The molecule has 1 aromatic heterocycles. The number of hydrogen-bond acceptors (Lipinski definition) is 5. The van der Waals surface area contributed by atoms with Gasteiger partial charge in [0.05, 0.1) is 24.8 Å². The minimum Gasteiger partial charge on any atom is -0.444 e. The van der Waals surface area contributed by atoms with Crippen molar-refractivity contribution in [2.45, 2.75) is 12.5 Å². The Morgan fingerprint density at radius 3 is 3.00 bits per heavy atom. The average molecular weight is 315 g/mol. The highest BCUT2D eigenvalue weighted by Crippen LogP contribution is 2.18. The van der Waals surface area contributed by atoms with Crippen molar-refractivity contribution < 1.29 is 13.9 Å². The molecule has 1 aromatic carbocycles. The van der Waals surface area contributed by atoms with Gasteiger partial charge in [0.2, 0.25) is 11.8 Å². The highest BCUT2D eigenvalue weighted by Gasteiger charge is 2.18. The van der Waals surface area contributed by atoms with E-state index in [1.165, 1.54) is 6.26 Å². The molecule has 2 aromatic rings. The topological polar surface area (TPSA) is 67.6 Å². The van der Waals surface area contributed by atoms with Crippen LogP contribution in [0.1, 0.15) is 5.69 Å². The molecule has 1 fully saturated rings. The average Bonchev–Trinajstić information content (AvgIpc) is 3.02. The van der Waals surface area contributed by atoms with E-state index in [-0.39, 0.29) is 18.4 Å². The van der Waals surface area contributed by atoms with Crippen LogP contribution >= 0.6 is 0 Å². The lowest BCUT2D eigenvalue weighted by atomic mass is 10.2. The third kappa shape index (κ3) is 4.40. The molecule has 1 aliphatic rings. The lowest BCUT2D eigenvalue weighted by molar-refractivity contribution is -0.121. The fraction of sp³-hybridized carbons (Fsp3) is 0.412. The number of aromatic nitrogens is 1. The van der Waals surface area contributed by atoms with E-state index in [9.17, 15) is 4.79 Å². The van der Waals surface area contributed by atoms with Crippen LogP contribution in [0, 0.1) is 0 Å². The van der Waals surface area contributed by atoms with E-state index in [1.807, 2.05) is 30.3 Å². The molecule has 122 valence electrons. The number of likely N-dealkylation sites (N-methyl/N-ethyl adjacent to an activating group) is 1. The molecular weight excluding hydrogens is 294 g/mol. The molecule has 1 N–H and O–H groups in total. The fourth-order valence-corrected chi connectivity index (χ4v) is 2.55. The van der Waals surface area contributed by atoms with Crippen molar-refractivity contribution in [3.63, 3.8) is 0 Å². The van der Waals surface area contributed by atoms with Gasteiger partial charge >= 0.3 is 0 Å². The van der Waals surface area contributed by atoms with Gasteiger partial charge < -0.3 is 19.4 Å². The van der Waals surface area contributed by atoms with Gasteiger partial charge in [0, 0.05) is 25.2 Å². The van der Waals surface area contributed by atoms with E-state index >= 15 is 0 Å². The minimum absolute atomic E-state index is 0.0508. The molecule has 6 nitrogen and oxygen atoms in total. The number of carbonyl (C=O) groups is 1. The van der Waals surface area contributed by atoms with Crippen LogP contribution in [-0.2, 0) is 16.0 Å². The number of morpholine rings is 1. The van der Waals surface area contributed by atoms with Gasteiger partial charge in [-0.2, -0.15) is 0 Å². The third-order valence-electron chi connectivity index (χ3n) is 3.78. The molecule has 1 atom stereocenters. The summed E-state index contributed by atoms with van der Waals surface area (Å²) in [6.07, 6.45) is 1.79. The van der Waals surface area contributed by atoms with Gasteiger partial charge in [-0.15, -0.1) is 0 Å². The van der Waals surface area contributed by atoms with Gasteiger partial charge in [-0.05, 0) is 19.2 Å². The van der Waals surface area contributed by atoms with Crippen LogP contribution in [0.4, 0.5) is 0 Å². The Labute approximate surface area is 135 Å². The van der Waals surface area contributed by atoms with Crippen molar-refractivity contribution in [2.24, 2.45) is 0 Å². The van der Waals surface area contributed by atoms with E-state index < -0.39 is 0 Å². The summed E-state index contributed by atoms with van der Waals surface area (Å²) in [6.45, 7) is 3.00. The molecule has 0 bridgehead atoms. The minimum atomic E-state index is -0.0743. The Morgan fingerprint density at radius 2 is 2.22 bits per heavy atom. The Kier molecular flexibility index (Phi) is 5.05. The normalized spacial score (nSPS) is 18.7. The first-order chi connectivity index (χ1) is 11.2. The van der Waals surface area contributed by atoms with Crippen LogP contribution in [0.5, 0.6) is 0 Å². The predicted octanol–water partition coefficient (Wildman–Crippen LogP) is 1.33. The standard InChI is InChI=1S/C17H21N3O3/c1-20-7-8-22-15(11-20)10-18-16(21)9-14-12-23-17(19-14)13-5-3-2-4-6-13/h2-6,12,15H,7-11H2,1H3,(H,18,21)/t15-/m1/s1. The van der Waals surface area contributed by atoms with Crippen molar-refractivity contribution in [1.29, 1.82) is 0 Å². The van der Waals surface area contributed by atoms with Crippen LogP contribution in [0.2, 0.25) is 0 Å². The number of amides is 1. The second-order valence-corrected chi connectivity index (χ2v) is 5.75. The number of oxazole rings is 1. The van der Waals surface area contributed by atoms with Crippen LogP contribution in [0.25, 0.3) is 11.5 Å². The number of hydrogen-bond donors (Lipinski definition) is 1. The zero-order chi connectivity index (χ0) is 16.1. The molecule has 0 aliphatic carbocycles. The summed E-state index contributed by atoms with van der Waals surface area (Å²) >= 11 is 0. The van der Waals surface area contributed by atoms with Crippen LogP contribution < -0.4 is 5.32 Å². The maximum absolute atomic E-state index is 12.0. The van der Waals surface area contributed by atoms with Crippen LogP contribution in [-0.4, -0.2) is 55.2 Å². The SMILES string of the molecule is CN1CCO[C@H](CNC(=O)Cc2coc(-c3ccccc3)n2)C1. The predicted molar refractivity (Wildman–Crippen MR) is 85.9 cm³/mol. The summed E-state index contributed by atoms with van der Waals surface area (Å²) in [7, 11) is 2.05. The van der Waals surface area contributed by atoms with Gasteiger partial charge in [-0.1, -0.05) is 18.2 Å². The van der Waals surface area contributed by atoms with E-state index in [2.05, 4.69) is 22.2 Å². The molecule has 1 saturated heterocycles. The first-order valence-electron chi connectivity index (χ1n) is 7.77. The quantitative estimate of drug-likeness (QED) is 0.901. The molecular formula is C17H21N3O3. The third-order valence-corrected chi connectivity index (χ3v) is 3.78. The van der Waals surface area contributed by atoms with Crippen molar-refractivity contribution in [3.05, 3.63) is 42.3 Å². The van der Waals surface area contributed by atoms with Gasteiger partial charge in [-0.25, -0.2) is 4.98 Å². The van der Waals surface area contributed by atoms with Crippen molar-refractivity contribution in [3.8, 4) is 11.5 Å². The Balaban J connectivity index is 1.49. The summed E-state index contributed by atoms with van der Waals surface area (Å²) in [4.78, 5) is 18.6. The second-order valence-electron chi connectivity index (χ2n) is 5.75. The van der Waals surface area contributed by atoms with E-state index in [4.69, 9.17) is 9.15 Å². The Morgan fingerprint density at radius 1 is 1.39 bits per heavy atom. The van der Waals surface area contributed by atoms with Gasteiger partial charge in [-0.3, -0.25) is 4.79 Å². The van der Waals surface area contributed by atoms with Crippen LogP contribution in [0.3, 0.4) is 0 Å². The zero-order valence-corrected chi connectivity index (χ0v) is 13.2. The maximum atomic E-state index is 12.0. The molecule has 2 heterocycles. The highest BCUT2D eigenvalue weighted by molar-refractivity contribution is 5.78. The van der Waals surface area contributed by atoms with E-state index in [1.54, 1.807) is 0 Å². The zero-order valence-electron chi connectivity index (χ0n) is 13.2. The molecule has 1 aliphatic heterocycles. The number of benzene rings is 1. The molecule has 0 saturated carbocycles. The largest absolute Gasteiger partial charge is 0.444 e. The van der Waals surface area contributed by atoms with Gasteiger partial charge in [0.1, 0.15) is 6.26 Å². The summed E-state index contributed by atoms with van der Waals surface area (Å²) in [5.74, 6) is 0.459. The lowest BCUT2D eigenvalue weighted by Gasteiger charge is -2.30. The van der Waals surface area contributed by atoms with Crippen molar-refractivity contribution in [1.82, 2.24) is 15.2 Å². The summed E-state index contributed by atoms with van der Waals surface area (Å²) < 4.78 is 11.1. The molecule has 1 amide bonds. The number of nitrogens with one attached hydrogen (secondary N) is 1. The maximum Gasteiger partial charge on any atom is 0.226 e. The number of ether oxygens (including phenoxy) is 1. The summed E-state index contributed by atoms with van der Waals surface area (Å²) in [6, 6.07) is 9.63. The lowest BCUT2D eigenvalue weighted by Crippen LogP contribution is -2.46. The Hall–Kier alpha value is -2.18. The van der Waals surface area contributed by atoms with Crippen LogP contribution in [0.15, 0.2) is 41.0 Å². The molecule has 23 heavy (non-hydrogen) atoms.